The van der Waals surface area contributed by atoms with Crippen LogP contribution in [0.4, 0.5) is 5.69 Å². The van der Waals surface area contributed by atoms with Crippen LogP contribution in [0, 0.1) is 0 Å². The Morgan fingerprint density at radius 1 is 1.04 bits per heavy atom. The van der Waals surface area contributed by atoms with Gasteiger partial charge in [-0.1, -0.05) is 36.4 Å². The third-order valence-corrected chi connectivity index (χ3v) is 3.33. The van der Waals surface area contributed by atoms with Crippen molar-refractivity contribution in [1.82, 2.24) is 5.32 Å². The third kappa shape index (κ3) is 6.52. The van der Waals surface area contributed by atoms with Gasteiger partial charge in [0.05, 0.1) is 0 Å². The van der Waals surface area contributed by atoms with Gasteiger partial charge in [0.25, 0.3) is 5.91 Å². The average molecular weight is 326 g/mol. The van der Waals surface area contributed by atoms with Crippen LogP contribution in [0.25, 0.3) is 0 Å². The number of benzene rings is 2. The van der Waals surface area contributed by atoms with Crippen LogP contribution in [-0.2, 0) is 16.0 Å². The molecule has 0 radical (unpaired) electrons. The summed E-state index contributed by atoms with van der Waals surface area (Å²) >= 11 is 0. The van der Waals surface area contributed by atoms with Crippen LogP contribution in [0.15, 0.2) is 54.6 Å². The molecule has 0 saturated carbocycles. The number of nitrogens with one attached hydrogen (secondary N) is 2. The Bertz CT molecular complexity index is 671. The lowest BCUT2D eigenvalue weighted by molar-refractivity contribution is -0.123. The first-order chi connectivity index (χ1) is 11.6. The largest absolute Gasteiger partial charge is 0.484 e. The number of carbonyl (C=O) groups is 2. The second kappa shape index (κ2) is 9.35. The lowest BCUT2D eigenvalue weighted by atomic mass is 10.1. The summed E-state index contributed by atoms with van der Waals surface area (Å²) in [5.41, 5.74) is 1.90. The summed E-state index contributed by atoms with van der Waals surface area (Å²) in [5, 5.41) is 5.51. The minimum atomic E-state index is -0.159. The van der Waals surface area contributed by atoms with Crippen molar-refractivity contribution in [2.45, 2.75) is 19.8 Å². The van der Waals surface area contributed by atoms with E-state index in [1.165, 1.54) is 12.5 Å². The van der Waals surface area contributed by atoms with Crippen molar-refractivity contribution in [2.24, 2.45) is 0 Å². The highest BCUT2D eigenvalue weighted by Gasteiger charge is 2.04. The molecule has 2 aromatic carbocycles. The molecule has 0 aliphatic carbocycles. The molecule has 0 saturated heterocycles. The first-order valence-corrected chi connectivity index (χ1v) is 7.94. The van der Waals surface area contributed by atoms with E-state index in [2.05, 4.69) is 22.8 Å². The lowest BCUT2D eigenvalue weighted by Crippen LogP contribution is -2.29. The molecule has 5 nitrogen and oxygen atoms in total. The molecule has 5 heteroatoms. The van der Waals surface area contributed by atoms with E-state index in [-0.39, 0.29) is 18.4 Å². The smallest absolute Gasteiger partial charge is 0.257 e. The van der Waals surface area contributed by atoms with Crippen LogP contribution in [-0.4, -0.2) is 25.0 Å². The van der Waals surface area contributed by atoms with Crippen molar-refractivity contribution < 1.29 is 14.3 Å². The Hall–Kier alpha value is -2.82. The van der Waals surface area contributed by atoms with Gasteiger partial charge in [-0.25, -0.2) is 0 Å². The standard InChI is InChI=1S/C19H22N2O3/c1-15(22)21-17-10-5-11-18(13-17)24-14-19(23)20-12-6-9-16-7-3-2-4-8-16/h2-5,7-8,10-11,13H,6,9,12,14H2,1H3,(H,20,23)(H,21,22). The second-order valence-corrected chi connectivity index (χ2v) is 5.44. The van der Waals surface area contributed by atoms with Crippen molar-refractivity contribution in [3.8, 4) is 5.75 Å². The normalized spacial score (nSPS) is 10.0. The molecule has 0 aromatic heterocycles. The zero-order valence-corrected chi connectivity index (χ0v) is 13.7. The number of anilines is 1. The summed E-state index contributed by atoms with van der Waals surface area (Å²) in [6.07, 6.45) is 1.81. The maximum atomic E-state index is 11.8. The first kappa shape index (κ1) is 17.5. The van der Waals surface area contributed by atoms with Crippen LogP contribution in [0.1, 0.15) is 18.9 Å². The number of carbonyl (C=O) groups excluding carboxylic acids is 2. The van der Waals surface area contributed by atoms with Crippen molar-refractivity contribution >= 4 is 17.5 Å². The number of ether oxygens (including phenoxy) is 1. The molecule has 0 spiro atoms. The van der Waals surface area contributed by atoms with Gasteiger partial charge in [-0.3, -0.25) is 9.59 Å². The Balaban J connectivity index is 1.66. The lowest BCUT2D eigenvalue weighted by Gasteiger charge is -2.09. The molecule has 24 heavy (non-hydrogen) atoms. The molecule has 2 amide bonds. The number of hydrogen-bond donors (Lipinski definition) is 2. The van der Waals surface area contributed by atoms with Gasteiger partial charge in [0.1, 0.15) is 5.75 Å². The summed E-state index contributed by atoms with van der Waals surface area (Å²) in [5.74, 6) is 0.233. The molecule has 0 unspecified atom stereocenters. The van der Waals surface area contributed by atoms with E-state index in [4.69, 9.17) is 4.74 Å². The van der Waals surface area contributed by atoms with Crippen molar-refractivity contribution in [3.63, 3.8) is 0 Å². The average Bonchev–Trinajstić information content (AvgIpc) is 2.58. The minimum Gasteiger partial charge on any atom is -0.484 e. The van der Waals surface area contributed by atoms with Gasteiger partial charge in [0, 0.05) is 25.2 Å². The number of amides is 2. The molecule has 0 aliphatic heterocycles. The maximum absolute atomic E-state index is 11.8. The predicted molar refractivity (Wildman–Crippen MR) is 94.0 cm³/mol. The van der Waals surface area contributed by atoms with Crippen LogP contribution >= 0.6 is 0 Å². The van der Waals surface area contributed by atoms with E-state index in [1.807, 2.05) is 18.2 Å². The van der Waals surface area contributed by atoms with Crippen molar-refractivity contribution in [2.75, 3.05) is 18.5 Å². The van der Waals surface area contributed by atoms with Crippen LogP contribution in [0.5, 0.6) is 5.75 Å². The van der Waals surface area contributed by atoms with E-state index < -0.39 is 0 Å². The Kier molecular flexibility index (Phi) is 6.83. The second-order valence-electron chi connectivity index (χ2n) is 5.44. The van der Waals surface area contributed by atoms with Gasteiger partial charge >= 0.3 is 0 Å². The summed E-state index contributed by atoms with van der Waals surface area (Å²) in [4.78, 5) is 22.8. The van der Waals surface area contributed by atoms with Crippen LogP contribution in [0.2, 0.25) is 0 Å². The molecule has 0 fully saturated rings. The van der Waals surface area contributed by atoms with Crippen molar-refractivity contribution in [1.29, 1.82) is 0 Å². The van der Waals surface area contributed by atoms with Crippen molar-refractivity contribution in [3.05, 3.63) is 60.2 Å². The van der Waals surface area contributed by atoms with Crippen LogP contribution < -0.4 is 15.4 Å². The number of hydrogen-bond acceptors (Lipinski definition) is 3. The first-order valence-electron chi connectivity index (χ1n) is 7.94. The summed E-state index contributed by atoms with van der Waals surface area (Å²) in [7, 11) is 0. The van der Waals surface area contributed by atoms with Gasteiger partial charge in [0.2, 0.25) is 5.91 Å². The van der Waals surface area contributed by atoms with Gasteiger partial charge in [-0.15, -0.1) is 0 Å². The molecule has 0 bridgehead atoms. The summed E-state index contributed by atoms with van der Waals surface area (Å²) in [6.45, 7) is 2.01. The number of aryl methyl sites for hydroxylation is 1. The predicted octanol–water partition coefficient (Wildman–Crippen LogP) is 2.77. The highest BCUT2D eigenvalue weighted by atomic mass is 16.5. The van der Waals surface area contributed by atoms with Crippen LogP contribution in [0.3, 0.4) is 0 Å². The third-order valence-electron chi connectivity index (χ3n) is 3.33. The van der Waals surface area contributed by atoms with E-state index in [1.54, 1.807) is 24.3 Å². The van der Waals surface area contributed by atoms with Gasteiger partial charge in [0.15, 0.2) is 6.61 Å². The van der Waals surface area contributed by atoms with Gasteiger partial charge < -0.3 is 15.4 Å². The Labute approximate surface area is 142 Å². The minimum absolute atomic E-state index is 0.0468. The molecule has 126 valence electrons. The Morgan fingerprint density at radius 2 is 1.83 bits per heavy atom. The fourth-order valence-corrected chi connectivity index (χ4v) is 2.23. The molecule has 0 heterocycles. The SMILES string of the molecule is CC(=O)Nc1cccc(OCC(=O)NCCCc2ccccc2)c1. The fraction of sp³-hybridized carbons (Fsp3) is 0.263. The van der Waals surface area contributed by atoms with E-state index in [0.717, 1.165) is 12.8 Å². The molecule has 2 rings (SSSR count). The number of rotatable bonds is 8. The molecule has 0 atom stereocenters. The van der Waals surface area contributed by atoms with E-state index >= 15 is 0 Å². The fourth-order valence-electron chi connectivity index (χ4n) is 2.23. The monoisotopic (exact) mass is 326 g/mol. The molecular weight excluding hydrogens is 304 g/mol. The summed E-state index contributed by atoms with van der Waals surface area (Å²) < 4.78 is 5.44. The molecular formula is C19H22N2O3. The topological polar surface area (TPSA) is 67.4 Å². The highest BCUT2D eigenvalue weighted by molar-refractivity contribution is 5.88. The Morgan fingerprint density at radius 3 is 2.58 bits per heavy atom. The quantitative estimate of drug-likeness (QED) is 0.733. The molecule has 2 aromatic rings. The zero-order valence-electron chi connectivity index (χ0n) is 13.7. The van der Waals surface area contributed by atoms with Gasteiger partial charge in [-0.2, -0.15) is 0 Å². The van der Waals surface area contributed by atoms with E-state index in [0.29, 0.717) is 18.0 Å². The summed E-state index contributed by atoms with van der Waals surface area (Å²) in [6, 6.07) is 17.1. The molecule has 0 aliphatic rings. The van der Waals surface area contributed by atoms with E-state index in [9.17, 15) is 9.59 Å². The molecule has 2 N–H and O–H groups in total. The van der Waals surface area contributed by atoms with Gasteiger partial charge in [-0.05, 0) is 30.5 Å². The highest BCUT2D eigenvalue weighted by Crippen LogP contribution is 2.17. The maximum Gasteiger partial charge on any atom is 0.257 e. The zero-order chi connectivity index (χ0) is 17.2.